The van der Waals surface area contributed by atoms with Crippen molar-refractivity contribution in [2.24, 2.45) is 10.7 Å². The Morgan fingerprint density at radius 1 is 1.18 bits per heavy atom. The number of aliphatic imine (C=N–C) groups is 1. The number of unbranched alkanes of at least 4 members (excludes halogenated alkanes) is 1. The Bertz CT molecular complexity index is 280. The molecule has 5 nitrogen and oxygen atoms in total. The van der Waals surface area contributed by atoms with Crippen molar-refractivity contribution in [3.8, 4) is 0 Å². The molecule has 17 heavy (non-hydrogen) atoms. The number of hydrogen-bond acceptors (Lipinski definition) is 2. The van der Waals surface area contributed by atoms with Gasteiger partial charge in [0.05, 0.1) is 6.54 Å². The molecule has 0 aromatic rings. The van der Waals surface area contributed by atoms with Crippen LogP contribution in [0, 0.1) is 0 Å². The maximum absolute atomic E-state index is 10.6. The molecule has 0 spiro atoms. The number of nitrogens with one attached hydrogen (secondary N) is 2. The third-order valence-corrected chi connectivity index (χ3v) is 2.04. The van der Waals surface area contributed by atoms with Gasteiger partial charge in [0.1, 0.15) is 0 Å². The van der Waals surface area contributed by atoms with Gasteiger partial charge in [-0.25, -0.2) is 4.99 Å². The molecule has 0 aromatic carbocycles. The molecular weight excluding hydrogens is 216 g/mol. The fourth-order valence-corrected chi connectivity index (χ4v) is 1.11. The predicted octanol–water partition coefficient (Wildman–Crippen LogP) is 0.773. The van der Waals surface area contributed by atoms with Gasteiger partial charge in [0.15, 0.2) is 5.96 Å². The monoisotopic (exact) mass is 240 g/mol. The van der Waals surface area contributed by atoms with E-state index in [1.165, 1.54) is 12.5 Å². The highest BCUT2D eigenvalue weighted by Gasteiger charge is 1.92. The Morgan fingerprint density at radius 2 is 1.76 bits per heavy atom. The van der Waals surface area contributed by atoms with Crippen molar-refractivity contribution in [2.75, 3.05) is 19.6 Å². The van der Waals surface area contributed by atoms with Gasteiger partial charge in [-0.2, -0.15) is 0 Å². The van der Waals surface area contributed by atoms with E-state index < -0.39 is 0 Å². The lowest BCUT2D eigenvalue weighted by atomic mass is 10.3. The van der Waals surface area contributed by atoms with Crippen molar-refractivity contribution in [3.63, 3.8) is 0 Å². The van der Waals surface area contributed by atoms with Crippen molar-refractivity contribution in [2.45, 2.75) is 33.6 Å². The number of rotatable bonds is 7. The van der Waals surface area contributed by atoms with Crippen LogP contribution in [0.25, 0.3) is 0 Å². The third kappa shape index (κ3) is 12.4. The molecule has 0 aromatic heterocycles. The number of carbonyl (C=O) groups excluding carboxylic acids is 1. The molecule has 0 aliphatic rings. The van der Waals surface area contributed by atoms with Gasteiger partial charge in [0, 0.05) is 20.0 Å². The average molecular weight is 240 g/mol. The summed E-state index contributed by atoms with van der Waals surface area (Å²) in [6.07, 6.45) is 3.91. The van der Waals surface area contributed by atoms with E-state index in [0.29, 0.717) is 19.0 Å². The highest BCUT2D eigenvalue weighted by molar-refractivity contribution is 5.77. The van der Waals surface area contributed by atoms with E-state index >= 15 is 0 Å². The third-order valence-electron chi connectivity index (χ3n) is 2.04. The molecule has 0 aliphatic heterocycles. The van der Waals surface area contributed by atoms with Crippen LogP contribution in [0.5, 0.6) is 0 Å². The van der Waals surface area contributed by atoms with Crippen LogP contribution in [-0.2, 0) is 4.79 Å². The van der Waals surface area contributed by atoms with E-state index in [2.05, 4.69) is 15.6 Å². The molecule has 0 saturated heterocycles. The predicted molar refractivity (Wildman–Crippen MR) is 71.8 cm³/mol. The van der Waals surface area contributed by atoms with Crippen LogP contribution in [0.1, 0.15) is 33.6 Å². The fourth-order valence-electron chi connectivity index (χ4n) is 1.11. The Morgan fingerprint density at radius 3 is 2.29 bits per heavy atom. The van der Waals surface area contributed by atoms with Gasteiger partial charge in [-0.15, -0.1) is 0 Å². The van der Waals surface area contributed by atoms with E-state index in [-0.39, 0.29) is 5.91 Å². The van der Waals surface area contributed by atoms with Crippen LogP contribution < -0.4 is 16.4 Å². The molecule has 0 aliphatic carbocycles. The van der Waals surface area contributed by atoms with E-state index in [4.69, 9.17) is 5.73 Å². The first-order valence-corrected chi connectivity index (χ1v) is 5.94. The number of hydrogen-bond donors (Lipinski definition) is 3. The lowest BCUT2D eigenvalue weighted by molar-refractivity contribution is -0.118. The molecule has 4 N–H and O–H groups in total. The smallest absolute Gasteiger partial charge is 0.216 e. The molecule has 0 fully saturated rings. The molecule has 0 radical (unpaired) electrons. The standard InChI is InChI=1S/C12H24N4O/c1-10(2)6-9-16-12(13)15-8-5-4-7-14-11(3)17/h6H,4-5,7-9H2,1-3H3,(H,14,17)(H3,13,15,16). The molecule has 0 bridgehead atoms. The summed E-state index contributed by atoms with van der Waals surface area (Å²) in [7, 11) is 0. The summed E-state index contributed by atoms with van der Waals surface area (Å²) in [6, 6.07) is 0. The highest BCUT2D eigenvalue weighted by atomic mass is 16.1. The van der Waals surface area contributed by atoms with Crippen molar-refractivity contribution in [1.82, 2.24) is 10.6 Å². The van der Waals surface area contributed by atoms with E-state index in [1.807, 2.05) is 19.9 Å². The summed E-state index contributed by atoms with van der Waals surface area (Å²) in [5.41, 5.74) is 6.90. The van der Waals surface area contributed by atoms with Crippen LogP contribution >= 0.6 is 0 Å². The summed E-state index contributed by atoms with van der Waals surface area (Å²) < 4.78 is 0. The lowest BCUT2D eigenvalue weighted by Crippen LogP contribution is -2.33. The van der Waals surface area contributed by atoms with Crippen LogP contribution in [0.4, 0.5) is 0 Å². The average Bonchev–Trinajstić information content (AvgIpc) is 2.22. The zero-order chi connectivity index (χ0) is 13.1. The minimum absolute atomic E-state index is 0.0146. The molecule has 1 amide bonds. The lowest BCUT2D eigenvalue weighted by Gasteiger charge is -2.05. The molecule has 98 valence electrons. The molecule has 0 heterocycles. The summed E-state index contributed by atoms with van der Waals surface area (Å²) in [5.74, 6) is 0.489. The Hall–Kier alpha value is -1.52. The highest BCUT2D eigenvalue weighted by Crippen LogP contribution is 1.88. The van der Waals surface area contributed by atoms with Crippen molar-refractivity contribution < 1.29 is 4.79 Å². The van der Waals surface area contributed by atoms with Crippen LogP contribution in [0.3, 0.4) is 0 Å². The van der Waals surface area contributed by atoms with Crippen LogP contribution in [-0.4, -0.2) is 31.5 Å². The first kappa shape index (κ1) is 15.5. The number of guanidine groups is 1. The topological polar surface area (TPSA) is 79.5 Å². The second-order valence-corrected chi connectivity index (χ2v) is 4.12. The van der Waals surface area contributed by atoms with Gasteiger partial charge in [-0.05, 0) is 26.7 Å². The van der Waals surface area contributed by atoms with Crippen molar-refractivity contribution in [3.05, 3.63) is 11.6 Å². The molecule has 0 saturated carbocycles. The second kappa shape index (κ2) is 9.69. The molecule has 0 atom stereocenters. The normalized spacial score (nSPS) is 10.9. The largest absolute Gasteiger partial charge is 0.370 e. The maximum Gasteiger partial charge on any atom is 0.216 e. The molecule has 0 unspecified atom stereocenters. The zero-order valence-corrected chi connectivity index (χ0v) is 11.0. The van der Waals surface area contributed by atoms with Crippen LogP contribution in [0.15, 0.2) is 16.6 Å². The van der Waals surface area contributed by atoms with E-state index in [1.54, 1.807) is 0 Å². The van der Waals surface area contributed by atoms with Crippen molar-refractivity contribution >= 4 is 11.9 Å². The number of amides is 1. The molecule has 0 rings (SSSR count). The number of carbonyl (C=O) groups is 1. The zero-order valence-electron chi connectivity index (χ0n) is 11.0. The minimum Gasteiger partial charge on any atom is -0.370 e. The number of nitrogens with two attached hydrogens (primary N) is 1. The Labute approximate surface area is 104 Å². The first-order chi connectivity index (χ1) is 8.02. The summed E-state index contributed by atoms with van der Waals surface area (Å²) >= 11 is 0. The summed E-state index contributed by atoms with van der Waals surface area (Å²) in [5, 5.41) is 5.77. The maximum atomic E-state index is 10.6. The van der Waals surface area contributed by atoms with Gasteiger partial charge in [-0.3, -0.25) is 4.79 Å². The van der Waals surface area contributed by atoms with E-state index in [9.17, 15) is 4.79 Å². The first-order valence-electron chi connectivity index (χ1n) is 5.94. The van der Waals surface area contributed by atoms with Gasteiger partial charge < -0.3 is 16.4 Å². The van der Waals surface area contributed by atoms with Crippen LogP contribution in [0.2, 0.25) is 0 Å². The van der Waals surface area contributed by atoms with E-state index in [0.717, 1.165) is 19.4 Å². The summed E-state index contributed by atoms with van der Waals surface area (Å²) in [6.45, 7) is 7.69. The molecular formula is C12H24N4O. The second-order valence-electron chi connectivity index (χ2n) is 4.12. The van der Waals surface area contributed by atoms with Crippen molar-refractivity contribution in [1.29, 1.82) is 0 Å². The SMILES string of the molecule is CC(=O)NCCCCNC(N)=NCC=C(C)C. The number of nitrogens with zero attached hydrogens (tertiary/aromatic N) is 1. The Kier molecular flexibility index (Phi) is 8.82. The van der Waals surface area contributed by atoms with Gasteiger partial charge >= 0.3 is 0 Å². The van der Waals surface area contributed by atoms with Gasteiger partial charge in [0.2, 0.25) is 5.91 Å². The van der Waals surface area contributed by atoms with Gasteiger partial charge in [-0.1, -0.05) is 11.6 Å². The fraction of sp³-hybridized carbons (Fsp3) is 0.667. The quantitative estimate of drug-likeness (QED) is 0.266. The summed E-state index contributed by atoms with van der Waals surface area (Å²) in [4.78, 5) is 14.7. The minimum atomic E-state index is 0.0146. The Balaban J connectivity index is 3.47. The number of allylic oxidation sites excluding steroid dienone is 1. The van der Waals surface area contributed by atoms with Gasteiger partial charge in [0.25, 0.3) is 0 Å². The molecule has 5 heteroatoms.